The van der Waals surface area contributed by atoms with E-state index in [1.165, 1.54) is 0 Å². The molecule has 0 unspecified atom stereocenters. The number of nitrogens with zero attached hydrogens (tertiary/aromatic N) is 2. The highest BCUT2D eigenvalue weighted by Gasteiger charge is 2.11. The Bertz CT molecular complexity index is 686. The minimum atomic E-state index is 0.526. The van der Waals surface area contributed by atoms with Gasteiger partial charge in [-0.2, -0.15) is 0 Å². The number of hydrogen-bond acceptors (Lipinski definition) is 3. The van der Waals surface area contributed by atoms with Gasteiger partial charge in [-0.25, -0.2) is 0 Å². The van der Waals surface area contributed by atoms with E-state index in [1.54, 1.807) is 13.3 Å². The first-order chi connectivity index (χ1) is 11.7. The molecule has 24 heavy (non-hydrogen) atoms. The number of benzene rings is 2. The average Bonchev–Trinajstić information content (AvgIpc) is 2.59. The van der Waals surface area contributed by atoms with Crippen molar-refractivity contribution in [1.82, 2.24) is 0 Å². The highest BCUT2D eigenvalue weighted by molar-refractivity contribution is 6.30. The van der Waals surface area contributed by atoms with Gasteiger partial charge in [0.2, 0.25) is 0 Å². The normalized spacial score (nSPS) is 11.0. The predicted octanol–water partition coefficient (Wildman–Crippen LogP) is 5.38. The van der Waals surface area contributed by atoms with Crippen molar-refractivity contribution in [2.45, 2.75) is 0 Å². The van der Waals surface area contributed by atoms with Gasteiger partial charge < -0.3 is 9.64 Å². The van der Waals surface area contributed by atoms with Crippen LogP contribution in [0.2, 0.25) is 5.02 Å². The molecule has 0 heterocycles. The molecule has 0 aliphatic carbocycles. The van der Waals surface area contributed by atoms with Crippen molar-refractivity contribution in [3.63, 3.8) is 0 Å². The maximum absolute atomic E-state index is 5.97. The van der Waals surface area contributed by atoms with E-state index in [2.05, 4.69) is 9.89 Å². The fourth-order valence-corrected chi connectivity index (χ4v) is 2.89. The van der Waals surface area contributed by atoms with Crippen LogP contribution < -0.4 is 9.64 Å². The van der Waals surface area contributed by atoms with E-state index < -0.39 is 0 Å². The lowest BCUT2D eigenvalue weighted by Gasteiger charge is -2.25. The van der Waals surface area contributed by atoms with Crippen molar-refractivity contribution in [2.75, 3.05) is 36.9 Å². The van der Waals surface area contributed by atoms with Crippen molar-refractivity contribution in [1.29, 1.82) is 0 Å². The molecule has 2 rings (SSSR count). The summed E-state index contributed by atoms with van der Waals surface area (Å²) < 4.78 is 5.52. The van der Waals surface area contributed by atoms with Crippen molar-refractivity contribution in [3.8, 4) is 5.75 Å². The van der Waals surface area contributed by atoms with Gasteiger partial charge in [0.15, 0.2) is 0 Å². The van der Waals surface area contributed by atoms with Crippen molar-refractivity contribution in [3.05, 3.63) is 53.1 Å². The second-order valence-corrected chi connectivity index (χ2v) is 6.23. The summed E-state index contributed by atoms with van der Waals surface area (Å²) in [6.07, 6.45) is 1.78. The Morgan fingerprint density at radius 1 is 1.08 bits per heavy atom. The zero-order valence-electron chi connectivity index (χ0n) is 13.4. The number of rotatable bonds is 8. The first-order valence-corrected chi connectivity index (χ1v) is 8.97. The van der Waals surface area contributed by atoms with E-state index in [-0.39, 0.29) is 0 Å². The topological polar surface area (TPSA) is 24.8 Å². The molecule has 0 fully saturated rings. The molecule has 0 saturated heterocycles. The molecule has 0 aromatic heterocycles. The molecule has 0 aliphatic heterocycles. The third-order valence-corrected chi connectivity index (χ3v) is 4.00. The fourth-order valence-electron chi connectivity index (χ4n) is 2.30. The molecule has 0 aliphatic rings. The van der Waals surface area contributed by atoms with Crippen molar-refractivity contribution < 1.29 is 4.74 Å². The Kier molecular flexibility index (Phi) is 7.70. The molecule has 128 valence electrons. The van der Waals surface area contributed by atoms with E-state index in [0.717, 1.165) is 22.7 Å². The molecule has 0 bridgehead atoms. The zero-order valence-corrected chi connectivity index (χ0v) is 15.7. The molecule has 0 spiro atoms. The second kappa shape index (κ2) is 9.77. The SMILES string of the molecule is COc1cc(C=Nc2cccc(Cl)c2)ccc1N(CCCl)CCCl. The number of halogens is 3. The molecule has 0 N–H and O–H groups in total. The van der Waals surface area contributed by atoms with Crippen LogP contribution in [0.1, 0.15) is 5.56 Å². The molecule has 0 atom stereocenters. The monoisotopic (exact) mass is 384 g/mol. The van der Waals surface area contributed by atoms with E-state index in [9.17, 15) is 0 Å². The van der Waals surface area contributed by atoms with Crippen LogP contribution in [0.4, 0.5) is 11.4 Å². The van der Waals surface area contributed by atoms with Crippen LogP contribution in [0.5, 0.6) is 5.75 Å². The Morgan fingerprint density at radius 3 is 2.46 bits per heavy atom. The lowest BCUT2D eigenvalue weighted by atomic mass is 10.2. The molecule has 2 aromatic carbocycles. The van der Waals surface area contributed by atoms with Crippen LogP contribution in [-0.4, -0.2) is 38.2 Å². The number of anilines is 1. The molecule has 0 saturated carbocycles. The molecule has 3 nitrogen and oxygen atoms in total. The average molecular weight is 386 g/mol. The fraction of sp³-hybridized carbons (Fsp3) is 0.278. The number of methoxy groups -OCH3 is 1. The van der Waals surface area contributed by atoms with Gasteiger partial charge in [0.25, 0.3) is 0 Å². The highest BCUT2D eigenvalue weighted by atomic mass is 35.5. The number of hydrogen-bond donors (Lipinski definition) is 0. The molecule has 2 aromatic rings. The Balaban J connectivity index is 2.24. The summed E-state index contributed by atoms with van der Waals surface area (Å²) in [6.45, 7) is 1.42. The number of aliphatic imine (C=N–C) groups is 1. The predicted molar refractivity (Wildman–Crippen MR) is 105 cm³/mol. The Labute approximate surface area is 157 Å². The van der Waals surface area contributed by atoms with Gasteiger partial charge in [-0.3, -0.25) is 4.99 Å². The quantitative estimate of drug-likeness (QED) is 0.450. The summed E-state index contributed by atoms with van der Waals surface area (Å²) in [5, 5.41) is 0.662. The van der Waals surface area contributed by atoms with Gasteiger partial charge in [0.05, 0.1) is 18.5 Å². The van der Waals surface area contributed by atoms with Crippen LogP contribution in [0.15, 0.2) is 47.5 Å². The van der Waals surface area contributed by atoms with Crippen LogP contribution in [0.25, 0.3) is 0 Å². The summed E-state index contributed by atoms with van der Waals surface area (Å²) in [4.78, 5) is 6.55. The maximum Gasteiger partial charge on any atom is 0.142 e. The van der Waals surface area contributed by atoms with E-state index in [4.69, 9.17) is 39.5 Å². The van der Waals surface area contributed by atoms with Crippen LogP contribution in [-0.2, 0) is 0 Å². The van der Waals surface area contributed by atoms with Crippen LogP contribution in [0, 0.1) is 0 Å². The molecule has 0 radical (unpaired) electrons. The molecular weight excluding hydrogens is 367 g/mol. The largest absolute Gasteiger partial charge is 0.495 e. The van der Waals surface area contributed by atoms with Gasteiger partial charge in [-0.15, -0.1) is 23.2 Å². The van der Waals surface area contributed by atoms with Gasteiger partial charge >= 0.3 is 0 Å². The Hall–Kier alpha value is -1.42. The van der Waals surface area contributed by atoms with Crippen LogP contribution in [0.3, 0.4) is 0 Å². The van der Waals surface area contributed by atoms with Gasteiger partial charge in [0.1, 0.15) is 5.75 Å². The van der Waals surface area contributed by atoms with E-state index in [1.807, 2.05) is 42.5 Å². The first kappa shape index (κ1) is 18.9. The van der Waals surface area contributed by atoms with Gasteiger partial charge in [0, 0.05) is 36.1 Å². The smallest absolute Gasteiger partial charge is 0.142 e. The summed E-state index contributed by atoms with van der Waals surface area (Å²) in [6, 6.07) is 13.3. The Morgan fingerprint density at radius 2 is 1.83 bits per heavy atom. The second-order valence-electron chi connectivity index (χ2n) is 5.03. The third-order valence-electron chi connectivity index (χ3n) is 3.42. The van der Waals surface area contributed by atoms with Crippen LogP contribution >= 0.6 is 34.8 Å². The minimum Gasteiger partial charge on any atom is -0.495 e. The van der Waals surface area contributed by atoms with Crippen molar-refractivity contribution in [2.24, 2.45) is 4.99 Å². The first-order valence-electron chi connectivity index (χ1n) is 7.52. The summed E-state index contributed by atoms with van der Waals surface area (Å²) in [5.74, 6) is 1.82. The van der Waals surface area contributed by atoms with E-state index >= 15 is 0 Å². The summed E-state index contributed by atoms with van der Waals surface area (Å²) >= 11 is 17.7. The number of alkyl halides is 2. The van der Waals surface area contributed by atoms with Gasteiger partial charge in [-0.1, -0.05) is 23.7 Å². The minimum absolute atomic E-state index is 0.526. The maximum atomic E-state index is 5.97. The van der Waals surface area contributed by atoms with Crippen molar-refractivity contribution >= 4 is 52.4 Å². The number of ether oxygens (including phenoxy) is 1. The standard InChI is InChI=1S/C18H19Cl3N2O/c1-24-18-11-14(13-22-16-4-2-3-15(21)12-16)5-6-17(18)23(9-7-19)10-8-20/h2-6,11-13H,7-10H2,1H3. The lowest BCUT2D eigenvalue weighted by Crippen LogP contribution is -2.28. The molecular formula is C18H19Cl3N2O. The molecule has 6 heteroatoms. The lowest BCUT2D eigenvalue weighted by molar-refractivity contribution is 0.414. The van der Waals surface area contributed by atoms with Gasteiger partial charge in [-0.05, 0) is 35.9 Å². The summed E-state index contributed by atoms with van der Waals surface area (Å²) in [5.41, 5.74) is 2.71. The zero-order chi connectivity index (χ0) is 17.4. The highest BCUT2D eigenvalue weighted by Crippen LogP contribution is 2.29. The summed E-state index contributed by atoms with van der Waals surface area (Å²) in [7, 11) is 1.65. The molecule has 0 amide bonds. The third kappa shape index (κ3) is 5.30. The van der Waals surface area contributed by atoms with E-state index in [0.29, 0.717) is 29.9 Å².